The van der Waals surface area contributed by atoms with Gasteiger partial charge in [0.25, 0.3) is 0 Å². The van der Waals surface area contributed by atoms with Gasteiger partial charge in [0.05, 0.1) is 54.2 Å². The second-order valence-corrected chi connectivity index (χ2v) is 32.1. The number of H-pyrrole nitrogens is 8. The van der Waals surface area contributed by atoms with E-state index in [9.17, 15) is 4.39 Å². The van der Waals surface area contributed by atoms with Crippen LogP contribution in [0, 0.1) is 17.7 Å². The maximum Gasteiger partial charge on any atom is 0.181 e. The van der Waals surface area contributed by atoms with Crippen molar-refractivity contribution in [2.45, 2.75) is 99.3 Å². The first-order valence-corrected chi connectivity index (χ1v) is 40.3. The van der Waals surface area contributed by atoms with Crippen LogP contribution in [0.2, 0.25) is 0 Å². The molecule has 0 aliphatic carbocycles. The van der Waals surface area contributed by atoms with E-state index >= 15 is 0 Å². The Kier molecular flexibility index (Phi) is 24.7. The summed E-state index contributed by atoms with van der Waals surface area (Å²) < 4.78 is 36.1. The molecule has 28 nitrogen and oxygen atoms in total. The Bertz CT molecular complexity index is 6000. The number of halogens is 1. The van der Waals surface area contributed by atoms with Gasteiger partial charge in [-0.25, -0.2) is 29.3 Å². The van der Waals surface area contributed by atoms with E-state index in [1.165, 1.54) is 12.1 Å². The number of ether oxygens (including phenoxy) is 4. The fraction of sp³-hybridized carbons (Fsp3) is 0.337. The average molecular weight is 1590 g/mol. The van der Waals surface area contributed by atoms with Gasteiger partial charge in [0.1, 0.15) is 76.7 Å². The highest BCUT2D eigenvalue weighted by Gasteiger charge is 2.25. The van der Waals surface area contributed by atoms with Crippen molar-refractivity contribution in [3.8, 4) is 102 Å². The molecule has 29 heteroatoms. The van der Waals surface area contributed by atoms with Crippen LogP contribution >= 0.6 is 0 Å². The minimum Gasteiger partial charge on any atom is -0.492 e. The number of anilines is 1. The molecular formula is C89H101FN24O4. The van der Waals surface area contributed by atoms with Crippen LogP contribution in [0.3, 0.4) is 0 Å². The predicted molar refractivity (Wildman–Crippen MR) is 460 cm³/mol. The maximum atomic E-state index is 13.2. The number of rotatable bonds is 23. The predicted octanol–water partition coefficient (Wildman–Crippen LogP) is 16.4. The SMILES string of the molecule is CC(C)(C)c1nc(-c2ccc3[nH]nc(-c4cccc(OCCN5CCOCC5)c4)c3c2)n[nH]1.CC(C)Cc1nc(-c2ccc3[nH]nc(-c4cccc(OCCN5CCOCC5)c4)c3c2)n[nH]1.CCC(C)(C)c1nc(-c2ccc3[nH]nc(-c4ccc(F)cc4)c3c2)n[nH]1.CNc1cc(-c2n[nH]c3ccc(-c4n[nH]c(CC(C)C)n4)cc23)ccn1. The Morgan fingerprint density at radius 2 is 0.805 bits per heavy atom. The van der Waals surface area contributed by atoms with Crippen LogP contribution in [-0.4, -0.2) is 202 Å². The number of benzene rings is 7. The summed E-state index contributed by atoms with van der Waals surface area (Å²) in [4.78, 5) is 27.7. The molecule has 0 saturated carbocycles. The van der Waals surface area contributed by atoms with Crippen LogP contribution in [-0.2, 0) is 33.1 Å². The molecule has 118 heavy (non-hydrogen) atoms. The Hall–Kier alpha value is -12.7. The normalized spacial score (nSPS) is 13.6. The molecule has 0 amide bonds. The van der Waals surface area contributed by atoms with E-state index < -0.39 is 0 Å². The fourth-order valence-corrected chi connectivity index (χ4v) is 13.9. The molecule has 0 atom stereocenters. The van der Waals surface area contributed by atoms with Gasteiger partial charge in [-0.1, -0.05) is 93.5 Å². The first kappa shape index (κ1) is 80.5. The molecule has 9 N–H and O–H groups in total. The largest absolute Gasteiger partial charge is 0.492 e. The molecular weight excluding hydrogens is 1490 g/mol. The zero-order valence-corrected chi connectivity index (χ0v) is 68.6. The van der Waals surface area contributed by atoms with E-state index in [4.69, 9.17) is 23.9 Å². The van der Waals surface area contributed by atoms with Crippen LogP contribution in [0.4, 0.5) is 10.2 Å². The molecule has 11 heterocycles. The van der Waals surface area contributed by atoms with Gasteiger partial charge in [-0.05, 0) is 152 Å². The molecule has 2 saturated heterocycles. The number of fused-ring (bicyclic) bond motifs is 4. The number of nitrogens with zero attached hydrogens (tertiary/aromatic N) is 15. The smallest absolute Gasteiger partial charge is 0.181 e. The Balaban J connectivity index is 0.000000124. The summed E-state index contributed by atoms with van der Waals surface area (Å²) >= 11 is 0. The number of aromatic nitrogens is 21. The van der Waals surface area contributed by atoms with Crippen molar-refractivity contribution < 1.29 is 23.3 Å². The molecule has 0 radical (unpaired) electrons. The second kappa shape index (κ2) is 36.2. The van der Waals surface area contributed by atoms with Gasteiger partial charge in [-0.3, -0.25) is 50.6 Å². The van der Waals surface area contributed by atoms with Crippen molar-refractivity contribution in [2.75, 3.05) is 91.3 Å². The molecule has 9 aromatic heterocycles. The first-order valence-electron chi connectivity index (χ1n) is 40.3. The third kappa shape index (κ3) is 19.4. The van der Waals surface area contributed by atoms with E-state index in [0.29, 0.717) is 48.3 Å². The van der Waals surface area contributed by atoms with Gasteiger partial charge < -0.3 is 24.3 Å². The van der Waals surface area contributed by atoms with Gasteiger partial charge in [0, 0.05) is 142 Å². The summed E-state index contributed by atoms with van der Waals surface area (Å²) in [5.41, 5.74) is 14.8. The second-order valence-electron chi connectivity index (χ2n) is 32.1. The summed E-state index contributed by atoms with van der Waals surface area (Å²) in [6.45, 7) is 31.6. The van der Waals surface area contributed by atoms with Gasteiger partial charge in [0.2, 0.25) is 0 Å². The number of morpholine rings is 2. The van der Waals surface area contributed by atoms with Crippen molar-refractivity contribution >= 4 is 49.4 Å². The van der Waals surface area contributed by atoms with E-state index in [1.54, 1.807) is 18.3 Å². The van der Waals surface area contributed by atoms with Crippen molar-refractivity contribution in [3.05, 3.63) is 193 Å². The Morgan fingerprint density at radius 1 is 0.424 bits per heavy atom. The highest BCUT2D eigenvalue weighted by molar-refractivity contribution is 5.98. The lowest BCUT2D eigenvalue weighted by atomic mass is 9.89. The highest BCUT2D eigenvalue weighted by atomic mass is 19.1. The summed E-state index contributed by atoms with van der Waals surface area (Å²) in [6.07, 6.45) is 4.51. The number of aromatic amines is 8. The summed E-state index contributed by atoms with van der Waals surface area (Å²) in [7, 11) is 1.85. The molecule has 0 bridgehead atoms. The third-order valence-electron chi connectivity index (χ3n) is 20.9. The fourth-order valence-electron chi connectivity index (χ4n) is 13.9. The molecule has 16 aromatic rings. The summed E-state index contributed by atoms with van der Waals surface area (Å²) in [5.74, 6) is 9.63. The van der Waals surface area contributed by atoms with Crippen LogP contribution < -0.4 is 14.8 Å². The van der Waals surface area contributed by atoms with E-state index in [-0.39, 0.29) is 16.6 Å². The Labute approximate surface area is 683 Å². The minimum absolute atomic E-state index is 0.0513. The molecule has 7 aromatic carbocycles. The van der Waals surface area contributed by atoms with Gasteiger partial charge in [-0.15, -0.1) is 0 Å². The Morgan fingerprint density at radius 3 is 1.20 bits per heavy atom. The van der Waals surface area contributed by atoms with E-state index in [1.807, 2.05) is 104 Å². The quantitative estimate of drug-likeness (QED) is 0.0287. The molecule has 0 unspecified atom stereocenters. The molecule has 2 fully saturated rings. The van der Waals surface area contributed by atoms with Crippen LogP contribution in [0.15, 0.2) is 164 Å². The highest BCUT2D eigenvalue weighted by Crippen LogP contribution is 2.37. The van der Waals surface area contributed by atoms with Crippen LogP contribution in [0.5, 0.6) is 11.5 Å². The van der Waals surface area contributed by atoms with E-state index in [0.717, 1.165) is 236 Å². The first-order chi connectivity index (χ1) is 57.2. The van der Waals surface area contributed by atoms with Gasteiger partial charge in [0.15, 0.2) is 23.3 Å². The maximum absolute atomic E-state index is 13.2. The molecule has 2 aliphatic heterocycles. The lowest BCUT2D eigenvalue weighted by Gasteiger charge is -2.26. The lowest BCUT2D eigenvalue weighted by molar-refractivity contribution is 0.0322. The molecule has 608 valence electrons. The number of nitrogens with one attached hydrogen (secondary N) is 9. The molecule has 2 aliphatic rings. The molecule has 18 rings (SSSR count). The number of hydrogen-bond acceptors (Lipinski definition) is 20. The molecule has 0 spiro atoms. The topological polar surface area (TPSA) is 349 Å². The zero-order chi connectivity index (χ0) is 81.9. The number of pyridine rings is 1. The van der Waals surface area contributed by atoms with Crippen LogP contribution in [0.25, 0.3) is 134 Å². The van der Waals surface area contributed by atoms with Crippen molar-refractivity contribution in [1.82, 2.24) is 116 Å². The van der Waals surface area contributed by atoms with E-state index in [2.05, 4.69) is 222 Å². The average Bonchev–Trinajstić information content (AvgIpc) is 1.64. The summed E-state index contributed by atoms with van der Waals surface area (Å²) in [6, 6.07) is 50.8. The van der Waals surface area contributed by atoms with Crippen molar-refractivity contribution in [1.29, 1.82) is 0 Å². The number of hydrogen-bond donors (Lipinski definition) is 9. The minimum atomic E-state index is -0.263. The third-order valence-corrected chi connectivity index (χ3v) is 20.9. The van der Waals surface area contributed by atoms with Crippen molar-refractivity contribution in [2.24, 2.45) is 11.8 Å². The standard InChI is InChI=1S/2C25H30N6O2.C20H20FN5.C19H21N7/c1-25(2,3)24-26-23(29-30-24)18-7-8-21-20(16-18)22(28-27-21)17-5-4-6-19(15-17)33-14-11-31-9-12-32-13-10-31;1-17(2)14-23-26-25(30-28-23)19-6-7-22-21(16-19)24(29-27-22)18-4-3-5-20(15-18)33-13-10-31-8-11-32-12-9-31;1-4-20(2,3)19-22-18(25-26-19)13-7-10-16-15(11-13)17(24-23-16)12-5-8-14(21)9-6-12;1-11(2)8-17-22-19(26-24-17)13-4-5-15-14(9-13)18(25-23-15)12-6-7-21-16(10-12)20-3/h4-8,15-16H,9-14H2,1-3H3,(H,27,28)(H,26,29,30);3-7,15-17H,8-14H2,1-2H3,(H,27,29)(H,26,28,30);5-11H,4H2,1-3H3,(H,23,24)(H,22,25,26);4-7,9-11H,8H2,1-3H3,(H,20,21)(H,23,25)(H,22,24,26). The zero-order valence-electron chi connectivity index (χ0n) is 68.6. The lowest BCUT2D eigenvalue weighted by Crippen LogP contribution is -2.38. The van der Waals surface area contributed by atoms with Crippen LogP contribution in [0.1, 0.15) is 99.0 Å². The monoisotopic (exact) mass is 1590 g/mol. The van der Waals surface area contributed by atoms with Crippen molar-refractivity contribution in [3.63, 3.8) is 0 Å². The van der Waals surface area contributed by atoms with Gasteiger partial charge >= 0.3 is 0 Å². The van der Waals surface area contributed by atoms with Gasteiger partial charge in [-0.2, -0.15) is 40.8 Å². The summed E-state index contributed by atoms with van der Waals surface area (Å²) in [5, 5.41) is 67.4.